The van der Waals surface area contributed by atoms with E-state index >= 15 is 0 Å². The number of hydrogen-bond donors (Lipinski definition) is 1. The largest absolute Gasteiger partial charge is 0.497 e. The van der Waals surface area contributed by atoms with Gasteiger partial charge in [-0.25, -0.2) is 4.79 Å². The quantitative estimate of drug-likeness (QED) is 0.892. The van der Waals surface area contributed by atoms with Crippen molar-refractivity contribution in [2.75, 3.05) is 20.8 Å². The molecule has 6 nitrogen and oxygen atoms in total. The Morgan fingerprint density at radius 2 is 1.96 bits per heavy atom. The monoisotopic (exact) mass is 355 g/mol. The summed E-state index contributed by atoms with van der Waals surface area (Å²) in [4.78, 5) is 25.3. The van der Waals surface area contributed by atoms with E-state index in [1.807, 2.05) is 18.2 Å². The first-order valence-electron chi connectivity index (χ1n) is 8.35. The number of carboxylic acid groups (broad SMARTS) is 1. The molecule has 1 aliphatic rings. The van der Waals surface area contributed by atoms with Gasteiger partial charge in [0.15, 0.2) is 0 Å². The molecule has 6 heteroatoms. The summed E-state index contributed by atoms with van der Waals surface area (Å²) in [7, 11) is 3.35. The summed E-state index contributed by atoms with van der Waals surface area (Å²) < 4.78 is 11.0. The third-order valence-corrected chi connectivity index (χ3v) is 4.52. The van der Waals surface area contributed by atoms with Crippen molar-refractivity contribution in [1.29, 1.82) is 0 Å². The van der Waals surface area contributed by atoms with Crippen molar-refractivity contribution in [3.63, 3.8) is 0 Å². The van der Waals surface area contributed by atoms with E-state index in [2.05, 4.69) is 0 Å². The lowest BCUT2D eigenvalue weighted by Crippen LogP contribution is -2.38. The van der Waals surface area contributed by atoms with Gasteiger partial charge in [0.1, 0.15) is 18.1 Å². The molecule has 1 N–H and O–H groups in total. The van der Waals surface area contributed by atoms with Crippen molar-refractivity contribution in [3.8, 4) is 11.5 Å². The van der Waals surface area contributed by atoms with E-state index in [9.17, 15) is 9.59 Å². The van der Waals surface area contributed by atoms with Gasteiger partial charge in [0, 0.05) is 13.6 Å². The predicted molar refractivity (Wildman–Crippen MR) is 95.6 cm³/mol. The second-order valence-electron chi connectivity index (χ2n) is 6.38. The van der Waals surface area contributed by atoms with Crippen LogP contribution >= 0.6 is 0 Å². The predicted octanol–water partition coefficient (Wildman–Crippen LogP) is 2.60. The Labute approximate surface area is 152 Å². The first kappa shape index (κ1) is 17.8. The van der Waals surface area contributed by atoms with Crippen molar-refractivity contribution in [2.24, 2.45) is 5.92 Å². The Morgan fingerprint density at radius 3 is 2.62 bits per heavy atom. The molecule has 1 atom stereocenters. The zero-order chi connectivity index (χ0) is 18.7. The first-order valence-corrected chi connectivity index (χ1v) is 8.35. The summed E-state index contributed by atoms with van der Waals surface area (Å²) in [6.45, 7) is 0.765. The molecule has 1 heterocycles. The topological polar surface area (TPSA) is 76.1 Å². The molecule has 1 aliphatic heterocycles. The molecular formula is C20H21NO5. The SMILES string of the molecule is COc1ccc2c(c1)CC(C(=O)N(C)Cc1ccc(C(=O)O)cc1)CO2. The Bertz CT molecular complexity index is 815. The van der Waals surface area contributed by atoms with Crippen LogP contribution in [0.4, 0.5) is 0 Å². The highest BCUT2D eigenvalue weighted by atomic mass is 16.5. The molecule has 0 aromatic heterocycles. The van der Waals surface area contributed by atoms with Gasteiger partial charge in [-0.2, -0.15) is 0 Å². The van der Waals surface area contributed by atoms with E-state index in [0.717, 1.165) is 22.6 Å². The van der Waals surface area contributed by atoms with Crippen LogP contribution in [0.15, 0.2) is 42.5 Å². The molecule has 0 radical (unpaired) electrons. The van der Waals surface area contributed by atoms with Gasteiger partial charge in [-0.3, -0.25) is 4.79 Å². The third-order valence-electron chi connectivity index (χ3n) is 4.52. The molecular weight excluding hydrogens is 334 g/mol. The number of hydrogen-bond acceptors (Lipinski definition) is 4. The minimum Gasteiger partial charge on any atom is -0.497 e. The number of nitrogens with zero attached hydrogens (tertiary/aromatic N) is 1. The first-order chi connectivity index (χ1) is 12.5. The number of aromatic carboxylic acids is 1. The maximum absolute atomic E-state index is 12.8. The van der Waals surface area contributed by atoms with Gasteiger partial charge in [-0.15, -0.1) is 0 Å². The summed E-state index contributed by atoms with van der Waals surface area (Å²) >= 11 is 0. The maximum atomic E-state index is 12.8. The smallest absolute Gasteiger partial charge is 0.335 e. The third kappa shape index (κ3) is 3.79. The van der Waals surface area contributed by atoms with Crippen LogP contribution in [0.25, 0.3) is 0 Å². The average Bonchev–Trinajstić information content (AvgIpc) is 2.66. The molecule has 0 aliphatic carbocycles. The standard InChI is InChI=1S/C20H21NO5/c1-21(11-13-3-5-14(6-4-13)20(23)24)19(22)16-9-15-10-17(25-2)7-8-18(15)26-12-16/h3-8,10,16H,9,11-12H2,1-2H3,(H,23,24). The molecule has 0 fully saturated rings. The van der Waals surface area contributed by atoms with Crippen molar-refractivity contribution in [2.45, 2.75) is 13.0 Å². The zero-order valence-corrected chi connectivity index (χ0v) is 14.8. The molecule has 0 bridgehead atoms. The van der Waals surface area contributed by atoms with Gasteiger partial charge in [0.2, 0.25) is 5.91 Å². The maximum Gasteiger partial charge on any atom is 0.335 e. The van der Waals surface area contributed by atoms with Crippen molar-refractivity contribution < 1.29 is 24.2 Å². The Hall–Kier alpha value is -3.02. The van der Waals surface area contributed by atoms with Crippen LogP contribution in [-0.2, 0) is 17.8 Å². The molecule has 2 aromatic rings. The summed E-state index contributed by atoms with van der Waals surface area (Å²) in [5.41, 5.74) is 2.08. The Kier molecular flexibility index (Phi) is 5.11. The number of benzene rings is 2. The van der Waals surface area contributed by atoms with E-state index in [-0.39, 0.29) is 17.4 Å². The number of rotatable bonds is 5. The number of methoxy groups -OCH3 is 1. The summed E-state index contributed by atoms with van der Waals surface area (Å²) in [5.74, 6) is 0.321. The molecule has 26 heavy (non-hydrogen) atoms. The Balaban J connectivity index is 1.65. The highest BCUT2D eigenvalue weighted by molar-refractivity contribution is 5.87. The van der Waals surface area contributed by atoms with Gasteiger partial charge in [-0.1, -0.05) is 12.1 Å². The number of carbonyl (C=O) groups excluding carboxylic acids is 1. The highest BCUT2D eigenvalue weighted by Crippen LogP contribution is 2.31. The molecule has 0 spiro atoms. The van der Waals surface area contributed by atoms with Crippen LogP contribution in [-0.4, -0.2) is 42.6 Å². The molecule has 2 aromatic carbocycles. The van der Waals surface area contributed by atoms with Crippen LogP contribution in [0.1, 0.15) is 21.5 Å². The fraction of sp³-hybridized carbons (Fsp3) is 0.300. The van der Waals surface area contributed by atoms with E-state index < -0.39 is 5.97 Å². The van der Waals surface area contributed by atoms with Gasteiger partial charge in [-0.05, 0) is 47.9 Å². The lowest BCUT2D eigenvalue weighted by Gasteiger charge is -2.28. The summed E-state index contributed by atoms with van der Waals surface area (Å²) in [5, 5.41) is 8.95. The second-order valence-corrected chi connectivity index (χ2v) is 6.38. The van der Waals surface area contributed by atoms with Crippen molar-refractivity contribution >= 4 is 11.9 Å². The fourth-order valence-electron chi connectivity index (χ4n) is 3.07. The van der Waals surface area contributed by atoms with E-state index in [1.165, 1.54) is 0 Å². The van der Waals surface area contributed by atoms with Crippen LogP contribution in [0, 0.1) is 5.92 Å². The number of carboxylic acids is 1. The number of ether oxygens (including phenoxy) is 2. The van der Waals surface area contributed by atoms with Gasteiger partial charge >= 0.3 is 5.97 Å². The van der Waals surface area contributed by atoms with E-state index in [1.54, 1.807) is 43.3 Å². The van der Waals surface area contributed by atoms with Crippen molar-refractivity contribution in [1.82, 2.24) is 4.90 Å². The fourth-order valence-corrected chi connectivity index (χ4v) is 3.07. The van der Waals surface area contributed by atoms with Crippen LogP contribution in [0.5, 0.6) is 11.5 Å². The van der Waals surface area contributed by atoms with Crippen LogP contribution in [0.2, 0.25) is 0 Å². The zero-order valence-electron chi connectivity index (χ0n) is 14.8. The number of amides is 1. The van der Waals surface area contributed by atoms with Crippen LogP contribution < -0.4 is 9.47 Å². The normalized spacial score (nSPS) is 15.5. The molecule has 136 valence electrons. The second kappa shape index (κ2) is 7.47. The van der Waals surface area contributed by atoms with Gasteiger partial charge in [0.25, 0.3) is 0 Å². The minimum atomic E-state index is -0.963. The minimum absolute atomic E-state index is 0.000723. The average molecular weight is 355 g/mol. The highest BCUT2D eigenvalue weighted by Gasteiger charge is 2.28. The lowest BCUT2D eigenvalue weighted by molar-refractivity contribution is -0.136. The van der Waals surface area contributed by atoms with Gasteiger partial charge in [0.05, 0.1) is 18.6 Å². The molecule has 3 rings (SSSR count). The number of fused-ring (bicyclic) bond motifs is 1. The summed E-state index contributed by atoms with van der Waals surface area (Å²) in [6, 6.07) is 12.1. The Morgan fingerprint density at radius 1 is 1.23 bits per heavy atom. The van der Waals surface area contributed by atoms with E-state index in [4.69, 9.17) is 14.6 Å². The number of carbonyl (C=O) groups is 2. The lowest BCUT2D eigenvalue weighted by atomic mass is 9.95. The molecule has 0 saturated carbocycles. The van der Waals surface area contributed by atoms with Crippen LogP contribution in [0.3, 0.4) is 0 Å². The molecule has 1 amide bonds. The van der Waals surface area contributed by atoms with Crippen molar-refractivity contribution in [3.05, 3.63) is 59.2 Å². The molecule has 1 unspecified atom stereocenters. The summed E-state index contributed by atoms with van der Waals surface area (Å²) in [6.07, 6.45) is 0.605. The van der Waals surface area contributed by atoms with Gasteiger partial charge < -0.3 is 19.5 Å². The van der Waals surface area contributed by atoms with E-state index in [0.29, 0.717) is 19.6 Å². The molecule has 0 saturated heterocycles.